The molecule has 1 aromatic carbocycles. The molecule has 1 atom stereocenters. The maximum absolute atomic E-state index is 12.7. The summed E-state index contributed by atoms with van der Waals surface area (Å²) in [6.45, 7) is 6.76. The van der Waals surface area contributed by atoms with Crippen LogP contribution in [-0.4, -0.2) is 46.6 Å². The molecule has 3 rings (SSSR count). The maximum Gasteiger partial charge on any atom is 0.226 e. The van der Waals surface area contributed by atoms with Gasteiger partial charge in [0.05, 0.1) is 13.0 Å². The first-order chi connectivity index (χ1) is 12.1. The van der Waals surface area contributed by atoms with Crippen LogP contribution in [0.4, 0.5) is 0 Å². The van der Waals surface area contributed by atoms with Crippen molar-refractivity contribution in [2.75, 3.05) is 26.2 Å². The van der Waals surface area contributed by atoms with Gasteiger partial charge < -0.3 is 19.5 Å². The SMILES string of the molecule is Cc1ccc(OCCC(=O)N2CCNCC2c2nccn2C)cc1C. The van der Waals surface area contributed by atoms with E-state index in [0.29, 0.717) is 19.6 Å². The van der Waals surface area contributed by atoms with Gasteiger partial charge in [-0.15, -0.1) is 0 Å². The third kappa shape index (κ3) is 4.02. The fourth-order valence-electron chi connectivity index (χ4n) is 3.14. The average molecular weight is 342 g/mol. The van der Waals surface area contributed by atoms with Crippen molar-refractivity contribution in [3.05, 3.63) is 47.5 Å². The molecule has 1 N–H and O–H groups in total. The molecule has 0 spiro atoms. The Morgan fingerprint density at radius 2 is 2.20 bits per heavy atom. The summed E-state index contributed by atoms with van der Waals surface area (Å²) in [6, 6.07) is 5.98. The minimum Gasteiger partial charge on any atom is -0.493 e. The number of imidazole rings is 1. The fourth-order valence-corrected chi connectivity index (χ4v) is 3.14. The molecular weight excluding hydrogens is 316 g/mol. The number of ether oxygens (including phenoxy) is 1. The summed E-state index contributed by atoms with van der Waals surface area (Å²) >= 11 is 0. The van der Waals surface area contributed by atoms with Crippen molar-refractivity contribution in [2.45, 2.75) is 26.3 Å². The molecule has 2 heterocycles. The number of hydrogen-bond donors (Lipinski definition) is 1. The van der Waals surface area contributed by atoms with Crippen LogP contribution >= 0.6 is 0 Å². The monoisotopic (exact) mass is 342 g/mol. The molecule has 6 heteroatoms. The van der Waals surface area contributed by atoms with Crippen LogP contribution in [0.15, 0.2) is 30.6 Å². The van der Waals surface area contributed by atoms with E-state index in [9.17, 15) is 4.79 Å². The summed E-state index contributed by atoms with van der Waals surface area (Å²) in [5.74, 6) is 1.84. The Bertz CT molecular complexity index is 741. The van der Waals surface area contributed by atoms with Crippen molar-refractivity contribution in [2.24, 2.45) is 7.05 Å². The molecular formula is C19H26N4O2. The molecule has 0 aliphatic carbocycles. The Labute approximate surface area is 148 Å². The van der Waals surface area contributed by atoms with E-state index in [1.165, 1.54) is 11.1 Å². The third-order valence-electron chi connectivity index (χ3n) is 4.78. The van der Waals surface area contributed by atoms with E-state index in [2.05, 4.69) is 24.1 Å². The second-order valence-electron chi connectivity index (χ2n) is 6.55. The zero-order valence-corrected chi connectivity index (χ0v) is 15.2. The van der Waals surface area contributed by atoms with Crippen molar-refractivity contribution >= 4 is 5.91 Å². The Kier molecular flexibility index (Phi) is 5.38. The summed E-state index contributed by atoms with van der Waals surface area (Å²) in [5, 5.41) is 3.35. The Hall–Kier alpha value is -2.34. The smallest absolute Gasteiger partial charge is 0.226 e. The van der Waals surface area contributed by atoms with Crippen LogP contribution < -0.4 is 10.1 Å². The summed E-state index contributed by atoms with van der Waals surface area (Å²) in [7, 11) is 1.96. The van der Waals surface area contributed by atoms with Crippen LogP contribution in [0, 0.1) is 13.8 Å². The molecule has 6 nitrogen and oxygen atoms in total. The normalized spacial score (nSPS) is 17.6. The lowest BCUT2D eigenvalue weighted by atomic mass is 10.1. The summed E-state index contributed by atoms with van der Waals surface area (Å²) in [6.07, 6.45) is 4.05. The first-order valence-corrected chi connectivity index (χ1v) is 8.73. The van der Waals surface area contributed by atoms with Crippen molar-refractivity contribution in [3.63, 3.8) is 0 Å². The third-order valence-corrected chi connectivity index (χ3v) is 4.78. The Morgan fingerprint density at radius 3 is 2.92 bits per heavy atom. The number of nitrogens with one attached hydrogen (secondary N) is 1. The summed E-state index contributed by atoms with van der Waals surface area (Å²) < 4.78 is 7.74. The van der Waals surface area contributed by atoms with E-state index in [-0.39, 0.29) is 11.9 Å². The number of nitrogens with zero attached hydrogens (tertiary/aromatic N) is 3. The number of carbonyl (C=O) groups is 1. The van der Waals surface area contributed by atoms with Gasteiger partial charge in [0, 0.05) is 39.1 Å². The molecule has 1 aliphatic heterocycles. The van der Waals surface area contributed by atoms with E-state index >= 15 is 0 Å². The minimum atomic E-state index is -0.0251. The zero-order valence-electron chi connectivity index (χ0n) is 15.2. The summed E-state index contributed by atoms with van der Waals surface area (Å²) in [4.78, 5) is 19.0. The van der Waals surface area contributed by atoms with Crippen LogP contribution in [0.25, 0.3) is 0 Å². The van der Waals surface area contributed by atoms with Crippen molar-refractivity contribution in [1.82, 2.24) is 19.8 Å². The fraction of sp³-hybridized carbons (Fsp3) is 0.474. The van der Waals surface area contributed by atoms with E-state index in [4.69, 9.17) is 4.74 Å². The molecule has 1 aromatic heterocycles. The molecule has 1 amide bonds. The van der Waals surface area contributed by atoms with Gasteiger partial charge >= 0.3 is 0 Å². The lowest BCUT2D eigenvalue weighted by Gasteiger charge is -2.35. The van der Waals surface area contributed by atoms with E-state index in [1.54, 1.807) is 6.20 Å². The first-order valence-electron chi connectivity index (χ1n) is 8.73. The molecule has 0 saturated carbocycles. The van der Waals surface area contributed by atoms with Gasteiger partial charge in [-0.2, -0.15) is 0 Å². The molecule has 2 aromatic rings. The van der Waals surface area contributed by atoms with Gasteiger partial charge in [0.25, 0.3) is 0 Å². The number of amides is 1. The largest absolute Gasteiger partial charge is 0.493 e. The second-order valence-corrected chi connectivity index (χ2v) is 6.55. The number of benzene rings is 1. The maximum atomic E-state index is 12.7. The molecule has 0 bridgehead atoms. The van der Waals surface area contributed by atoms with Gasteiger partial charge in [-0.1, -0.05) is 6.07 Å². The highest BCUT2D eigenvalue weighted by Crippen LogP contribution is 2.22. The van der Waals surface area contributed by atoms with Crippen LogP contribution in [0.3, 0.4) is 0 Å². The van der Waals surface area contributed by atoms with Crippen LogP contribution in [0.5, 0.6) is 5.75 Å². The Morgan fingerprint density at radius 1 is 1.36 bits per heavy atom. The standard InChI is InChI=1S/C19H26N4O2/c1-14-4-5-16(12-15(14)2)25-11-6-18(24)23-10-7-20-13-17(23)19-21-8-9-22(19)3/h4-5,8-9,12,17,20H,6-7,10-11,13H2,1-3H3. The predicted molar refractivity (Wildman–Crippen MR) is 96.6 cm³/mol. The average Bonchev–Trinajstić information content (AvgIpc) is 3.04. The number of aromatic nitrogens is 2. The minimum absolute atomic E-state index is 0.0251. The molecule has 0 radical (unpaired) electrons. The van der Waals surface area contributed by atoms with Crippen molar-refractivity contribution in [1.29, 1.82) is 0 Å². The van der Waals surface area contributed by atoms with Crippen molar-refractivity contribution in [3.8, 4) is 5.75 Å². The molecule has 134 valence electrons. The Balaban J connectivity index is 1.59. The van der Waals surface area contributed by atoms with Gasteiger partial charge in [-0.05, 0) is 37.1 Å². The van der Waals surface area contributed by atoms with Gasteiger partial charge in [-0.3, -0.25) is 4.79 Å². The lowest BCUT2D eigenvalue weighted by Crippen LogP contribution is -2.49. The summed E-state index contributed by atoms with van der Waals surface area (Å²) in [5.41, 5.74) is 2.43. The topological polar surface area (TPSA) is 59.4 Å². The molecule has 1 saturated heterocycles. The highest BCUT2D eigenvalue weighted by molar-refractivity contribution is 5.77. The molecule has 1 aliphatic rings. The highest BCUT2D eigenvalue weighted by Gasteiger charge is 2.30. The van der Waals surface area contributed by atoms with Crippen LogP contribution in [-0.2, 0) is 11.8 Å². The number of piperazine rings is 1. The lowest BCUT2D eigenvalue weighted by molar-refractivity contribution is -0.135. The van der Waals surface area contributed by atoms with Crippen molar-refractivity contribution < 1.29 is 9.53 Å². The van der Waals surface area contributed by atoms with Crippen LogP contribution in [0.1, 0.15) is 29.4 Å². The highest BCUT2D eigenvalue weighted by atomic mass is 16.5. The van der Waals surface area contributed by atoms with Gasteiger partial charge in [0.2, 0.25) is 5.91 Å². The molecule has 1 fully saturated rings. The quantitative estimate of drug-likeness (QED) is 0.903. The van der Waals surface area contributed by atoms with E-state index in [0.717, 1.165) is 24.7 Å². The second kappa shape index (κ2) is 7.70. The molecule has 25 heavy (non-hydrogen) atoms. The van der Waals surface area contributed by atoms with Gasteiger partial charge in [0.1, 0.15) is 17.6 Å². The van der Waals surface area contributed by atoms with Crippen LogP contribution in [0.2, 0.25) is 0 Å². The number of aryl methyl sites for hydroxylation is 3. The first kappa shape index (κ1) is 17.5. The number of rotatable bonds is 5. The predicted octanol–water partition coefficient (Wildman–Crippen LogP) is 1.98. The van der Waals surface area contributed by atoms with E-state index < -0.39 is 0 Å². The van der Waals surface area contributed by atoms with E-state index in [1.807, 2.05) is 40.9 Å². The van der Waals surface area contributed by atoms with Gasteiger partial charge in [-0.25, -0.2) is 4.98 Å². The molecule has 1 unspecified atom stereocenters. The number of hydrogen-bond acceptors (Lipinski definition) is 4. The van der Waals surface area contributed by atoms with Gasteiger partial charge in [0.15, 0.2) is 0 Å². The number of carbonyl (C=O) groups excluding carboxylic acids is 1. The zero-order chi connectivity index (χ0) is 17.8.